The Labute approximate surface area is 114 Å². The van der Waals surface area contributed by atoms with Crippen molar-refractivity contribution in [1.29, 1.82) is 0 Å². The van der Waals surface area contributed by atoms with Gasteiger partial charge in [0.1, 0.15) is 5.82 Å². The van der Waals surface area contributed by atoms with Crippen LogP contribution in [0.25, 0.3) is 10.9 Å². The van der Waals surface area contributed by atoms with Gasteiger partial charge in [-0.15, -0.1) is 0 Å². The molecule has 0 radical (unpaired) electrons. The van der Waals surface area contributed by atoms with Gasteiger partial charge >= 0.3 is 0 Å². The van der Waals surface area contributed by atoms with Crippen LogP contribution in [0.5, 0.6) is 0 Å². The Kier molecular flexibility index (Phi) is 4.23. The van der Waals surface area contributed by atoms with Gasteiger partial charge in [-0.05, 0) is 30.0 Å². The number of rotatable bonds is 4. The van der Waals surface area contributed by atoms with Crippen LogP contribution in [0.4, 0.5) is 0 Å². The van der Waals surface area contributed by atoms with Crippen molar-refractivity contribution in [2.45, 2.75) is 38.9 Å². The van der Waals surface area contributed by atoms with E-state index in [9.17, 15) is 0 Å². The Bertz CT molecular complexity index is 486. The molecule has 0 spiro atoms. The zero-order valence-electron chi connectivity index (χ0n) is 11.2. The monoisotopic (exact) mass is 260 g/mol. The number of aromatic nitrogens is 2. The molecule has 1 atom stereocenters. The van der Waals surface area contributed by atoms with E-state index in [4.69, 9.17) is 0 Å². The van der Waals surface area contributed by atoms with Crippen LogP contribution in [0.2, 0.25) is 0 Å². The summed E-state index contributed by atoms with van der Waals surface area (Å²) in [5.74, 6) is 1.55. The predicted molar refractivity (Wildman–Crippen MR) is 80.2 cm³/mol. The molecular formula is C15H20N2S. The molecule has 1 aromatic carbocycles. The highest BCUT2D eigenvalue weighted by Crippen LogP contribution is 2.16. The van der Waals surface area contributed by atoms with Crippen molar-refractivity contribution in [3.8, 4) is 0 Å². The van der Waals surface area contributed by atoms with E-state index in [0.717, 1.165) is 29.6 Å². The Balaban J connectivity index is 2.30. The van der Waals surface area contributed by atoms with Crippen LogP contribution in [-0.2, 0) is 12.8 Å². The summed E-state index contributed by atoms with van der Waals surface area (Å²) >= 11 is 4.38. The van der Waals surface area contributed by atoms with Crippen LogP contribution in [0.15, 0.2) is 24.4 Å². The van der Waals surface area contributed by atoms with Gasteiger partial charge in [-0.1, -0.05) is 26.8 Å². The lowest BCUT2D eigenvalue weighted by atomic mass is 10.0. The SMILES string of the molecule is CC(C)Cc1ccc2nc(CC(C)S)ncc2c1. The molecular weight excluding hydrogens is 240 g/mol. The van der Waals surface area contributed by atoms with E-state index >= 15 is 0 Å². The third-order valence-electron chi connectivity index (χ3n) is 2.82. The molecule has 0 aliphatic heterocycles. The van der Waals surface area contributed by atoms with E-state index in [1.807, 2.05) is 6.20 Å². The Hall–Kier alpha value is -1.09. The van der Waals surface area contributed by atoms with Gasteiger partial charge in [0.2, 0.25) is 0 Å². The Morgan fingerprint density at radius 2 is 1.94 bits per heavy atom. The van der Waals surface area contributed by atoms with Crippen LogP contribution in [-0.4, -0.2) is 15.2 Å². The van der Waals surface area contributed by atoms with E-state index in [1.54, 1.807) is 0 Å². The average molecular weight is 260 g/mol. The van der Waals surface area contributed by atoms with Gasteiger partial charge in [0.05, 0.1) is 5.52 Å². The summed E-state index contributed by atoms with van der Waals surface area (Å²) < 4.78 is 0. The average Bonchev–Trinajstić information content (AvgIpc) is 2.27. The fourth-order valence-electron chi connectivity index (χ4n) is 2.08. The van der Waals surface area contributed by atoms with E-state index in [-0.39, 0.29) is 0 Å². The molecule has 18 heavy (non-hydrogen) atoms. The standard InChI is InChI=1S/C15H20N2S/c1-10(2)6-12-4-5-14-13(8-12)9-16-15(17-14)7-11(3)18/h4-5,8-11,18H,6-7H2,1-3H3. The number of thiol groups is 1. The highest BCUT2D eigenvalue weighted by atomic mass is 32.1. The minimum atomic E-state index is 0.294. The summed E-state index contributed by atoms with van der Waals surface area (Å²) in [4.78, 5) is 8.98. The van der Waals surface area contributed by atoms with Gasteiger partial charge in [0, 0.05) is 23.3 Å². The number of nitrogens with zero attached hydrogens (tertiary/aromatic N) is 2. The molecule has 0 fully saturated rings. The second-order valence-corrected chi connectivity index (χ2v) is 6.21. The lowest BCUT2D eigenvalue weighted by molar-refractivity contribution is 0.648. The summed E-state index contributed by atoms with van der Waals surface area (Å²) in [7, 11) is 0. The van der Waals surface area contributed by atoms with Crippen LogP contribution < -0.4 is 0 Å². The molecule has 1 heterocycles. The van der Waals surface area contributed by atoms with Crippen LogP contribution in [0, 0.1) is 5.92 Å². The minimum absolute atomic E-state index is 0.294. The van der Waals surface area contributed by atoms with Crippen molar-refractivity contribution in [3.05, 3.63) is 35.8 Å². The van der Waals surface area contributed by atoms with Gasteiger partial charge in [-0.2, -0.15) is 12.6 Å². The third-order valence-corrected chi connectivity index (χ3v) is 3.00. The van der Waals surface area contributed by atoms with Gasteiger partial charge in [0.25, 0.3) is 0 Å². The summed E-state index contributed by atoms with van der Waals surface area (Å²) in [5.41, 5.74) is 2.39. The molecule has 3 heteroatoms. The topological polar surface area (TPSA) is 25.8 Å². The van der Waals surface area contributed by atoms with Crippen molar-refractivity contribution in [2.75, 3.05) is 0 Å². The van der Waals surface area contributed by atoms with E-state index in [2.05, 4.69) is 61.6 Å². The molecule has 1 unspecified atom stereocenters. The number of hydrogen-bond acceptors (Lipinski definition) is 3. The summed E-state index contributed by atoms with van der Waals surface area (Å²) in [6.07, 6.45) is 3.84. The normalized spacial score (nSPS) is 13.2. The molecule has 2 rings (SSSR count). The molecule has 1 aromatic heterocycles. The molecule has 96 valence electrons. The summed E-state index contributed by atoms with van der Waals surface area (Å²) in [5, 5.41) is 1.42. The molecule has 0 amide bonds. The molecule has 0 saturated heterocycles. The molecule has 0 N–H and O–H groups in total. The second kappa shape index (κ2) is 5.70. The molecule has 0 aliphatic carbocycles. The smallest absolute Gasteiger partial charge is 0.130 e. The molecule has 0 aliphatic rings. The van der Waals surface area contributed by atoms with Crippen LogP contribution in [0.1, 0.15) is 32.2 Å². The molecule has 2 nitrogen and oxygen atoms in total. The first-order chi connectivity index (χ1) is 8.54. The molecule has 2 aromatic rings. The van der Waals surface area contributed by atoms with Crippen molar-refractivity contribution < 1.29 is 0 Å². The van der Waals surface area contributed by atoms with E-state index in [1.165, 1.54) is 5.56 Å². The Morgan fingerprint density at radius 3 is 2.61 bits per heavy atom. The zero-order chi connectivity index (χ0) is 13.1. The summed E-state index contributed by atoms with van der Waals surface area (Å²) in [6, 6.07) is 6.47. The Morgan fingerprint density at radius 1 is 1.17 bits per heavy atom. The van der Waals surface area contributed by atoms with Crippen LogP contribution >= 0.6 is 12.6 Å². The first-order valence-corrected chi connectivity index (χ1v) is 6.99. The van der Waals surface area contributed by atoms with Crippen molar-refractivity contribution in [1.82, 2.24) is 9.97 Å². The first kappa shape index (κ1) is 13.3. The number of fused-ring (bicyclic) bond motifs is 1. The van der Waals surface area contributed by atoms with Crippen molar-refractivity contribution in [2.24, 2.45) is 5.92 Å². The maximum atomic E-state index is 4.58. The lowest BCUT2D eigenvalue weighted by Crippen LogP contribution is -2.03. The number of benzene rings is 1. The van der Waals surface area contributed by atoms with Crippen molar-refractivity contribution >= 4 is 23.5 Å². The van der Waals surface area contributed by atoms with Crippen molar-refractivity contribution in [3.63, 3.8) is 0 Å². The highest BCUT2D eigenvalue weighted by molar-refractivity contribution is 7.80. The minimum Gasteiger partial charge on any atom is -0.241 e. The fraction of sp³-hybridized carbons (Fsp3) is 0.467. The summed E-state index contributed by atoms with van der Waals surface area (Å²) in [6.45, 7) is 6.53. The highest BCUT2D eigenvalue weighted by Gasteiger charge is 2.05. The maximum Gasteiger partial charge on any atom is 0.130 e. The van der Waals surface area contributed by atoms with Crippen LogP contribution in [0.3, 0.4) is 0 Å². The second-order valence-electron chi connectivity index (χ2n) is 5.33. The largest absolute Gasteiger partial charge is 0.241 e. The van der Waals surface area contributed by atoms with Gasteiger partial charge in [0.15, 0.2) is 0 Å². The molecule has 0 saturated carbocycles. The fourth-order valence-corrected chi connectivity index (χ4v) is 2.25. The maximum absolute atomic E-state index is 4.58. The first-order valence-electron chi connectivity index (χ1n) is 6.47. The predicted octanol–water partition coefficient (Wildman–Crippen LogP) is 3.69. The molecule has 0 bridgehead atoms. The van der Waals surface area contributed by atoms with E-state index in [0.29, 0.717) is 11.2 Å². The van der Waals surface area contributed by atoms with E-state index < -0.39 is 0 Å². The van der Waals surface area contributed by atoms with Gasteiger partial charge < -0.3 is 0 Å². The van der Waals surface area contributed by atoms with Gasteiger partial charge in [-0.25, -0.2) is 9.97 Å². The zero-order valence-corrected chi connectivity index (χ0v) is 12.1. The quantitative estimate of drug-likeness (QED) is 0.848. The number of hydrogen-bond donors (Lipinski definition) is 1. The van der Waals surface area contributed by atoms with Gasteiger partial charge in [-0.3, -0.25) is 0 Å². The third kappa shape index (κ3) is 3.45. The lowest BCUT2D eigenvalue weighted by Gasteiger charge is -2.07.